The zero-order valence-electron chi connectivity index (χ0n) is 17.5. The molecule has 0 aliphatic carbocycles. The van der Waals surface area contributed by atoms with Crippen molar-refractivity contribution in [3.63, 3.8) is 0 Å². The van der Waals surface area contributed by atoms with Gasteiger partial charge < -0.3 is 20.1 Å². The lowest BCUT2D eigenvalue weighted by Gasteiger charge is -2.09. The highest BCUT2D eigenvalue weighted by Gasteiger charge is 2.07. The first-order valence-electron chi connectivity index (χ1n) is 10.2. The number of rotatable bonds is 10. The number of carbonyl (C=O) groups excluding carboxylic acids is 2. The second-order valence-electron chi connectivity index (χ2n) is 6.86. The van der Waals surface area contributed by atoms with Crippen molar-refractivity contribution >= 4 is 17.5 Å². The van der Waals surface area contributed by atoms with E-state index in [9.17, 15) is 9.59 Å². The van der Waals surface area contributed by atoms with E-state index in [0.717, 1.165) is 11.3 Å². The Balaban J connectivity index is 1.43. The maximum Gasteiger partial charge on any atom is 0.255 e. The van der Waals surface area contributed by atoms with Crippen LogP contribution in [0.5, 0.6) is 11.5 Å². The molecule has 31 heavy (non-hydrogen) atoms. The minimum absolute atomic E-state index is 0.00789. The third kappa shape index (κ3) is 7.19. The SMILES string of the molecule is CNC(=O)CCc1ccc(NC(=O)c2ccc(OCCOc3ccccc3)cc2)cc1. The van der Waals surface area contributed by atoms with Crippen molar-refractivity contribution in [2.24, 2.45) is 0 Å². The number of aryl methyl sites for hydroxylation is 1. The molecule has 0 saturated heterocycles. The van der Waals surface area contributed by atoms with Gasteiger partial charge in [0.15, 0.2) is 0 Å². The summed E-state index contributed by atoms with van der Waals surface area (Å²) in [6, 6.07) is 24.0. The Morgan fingerprint density at radius 3 is 2.00 bits per heavy atom. The van der Waals surface area contributed by atoms with Crippen molar-refractivity contribution in [1.29, 1.82) is 0 Å². The first kappa shape index (κ1) is 21.9. The topological polar surface area (TPSA) is 76.7 Å². The van der Waals surface area contributed by atoms with Gasteiger partial charge in [0.05, 0.1) is 0 Å². The molecule has 0 aliphatic rings. The van der Waals surface area contributed by atoms with Crippen LogP contribution in [0.3, 0.4) is 0 Å². The minimum Gasteiger partial charge on any atom is -0.490 e. The van der Waals surface area contributed by atoms with E-state index in [1.807, 2.05) is 54.6 Å². The van der Waals surface area contributed by atoms with E-state index in [1.165, 1.54) is 0 Å². The van der Waals surface area contributed by atoms with Gasteiger partial charge in [0, 0.05) is 24.7 Å². The van der Waals surface area contributed by atoms with Crippen LogP contribution in [0.1, 0.15) is 22.3 Å². The molecule has 6 nitrogen and oxygen atoms in total. The van der Waals surface area contributed by atoms with Crippen LogP contribution in [0.2, 0.25) is 0 Å². The second kappa shape index (κ2) is 11.4. The summed E-state index contributed by atoms with van der Waals surface area (Å²) in [6.07, 6.45) is 1.10. The van der Waals surface area contributed by atoms with E-state index in [4.69, 9.17) is 9.47 Å². The average Bonchev–Trinajstić information content (AvgIpc) is 2.82. The summed E-state index contributed by atoms with van der Waals surface area (Å²) in [4.78, 5) is 23.8. The summed E-state index contributed by atoms with van der Waals surface area (Å²) in [7, 11) is 1.63. The molecule has 0 saturated carbocycles. The largest absolute Gasteiger partial charge is 0.490 e. The minimum atomic E-state index is -0.197. The number of carbonyl (C=O) groups is 2. The highest BCUT2D eigenvalue weighted by atomic mass is 16.5. The summed E-state index contributed by atoms with van der Waals surface area (Å²) in [5.41, 5.74) is 2.28. The van der Waals surface area contributed by atoms with Crippen LogP contribution < -0.4 is 20.1 Å². The molecule has 0 atom stereocenters. The Morgan fingerprint density at radius 2 is 1.39 bits per heavy atom. The number of amides is 2. The molecule has 2 amide bonds. The van der Waals surface area contributed by atoms with Gasteiger partial charge in [0.25, 0.3) is 5.91 Å². The Morgan fingerprint density at radius 1 is 0.774 bits per heavy atom. The quantitative estimate of drug-likeness (QED) is 0.487. The van der Waals surface area contributed by atoms with E-state index < -0.39 is 0 Å². The van der Waals surface area contributed by atoms with Crippen molar-refractivity contribution in [3.8, 4) is 11.5 Å². The number of nitrogens with one attached hydrogen (secondary N) is 2. The summed E-state index contributed by atoms with van der Waals surface area (Å²) in [6.45, 7) is 0.845. The smallest absolute Gasteiger partial charge is 0.255 e. The van der Waals surface area contributed by atoms with Crippen molar-refractivity contribution in [1.82, 2.24) is 5.32 Å². The first-order valence-corrected chi connectivity index (χ1v) is 10.2. The first-order chi connectivity index (χ1) is 15.1. The standard InChI is InChI=1S/C25H26N2O4/c1-26-24(28)16-9-19-7-12-21(13-8-19)27-25(29)20-10-14-23(15-11-20)31-18-17-30-22-5-3-2-4-6-22/h2-8,10-15H,9,16-18H2,1H3,(H,26,28)(H,27,29). The molecule has 6 heteroatoms. The molecule has 0 unspecified atom stereocenters. The fourth-order valence-electron chi connectivity index (χ4n) is 2.88. The van der Waals surface area contributed by atoms with Crippen LogP contribution in [0.15, 0.2) is 78.9 Å². The Labute approximate surface area is 182 Å². The lowest BCUT2D eigenvalue weighted by molar-refractivity contribution is -0.120. The Kier molecular flexibility index (Phi) is 8.05. The molecule has 3 rings (SSSR count). The highest BCUT2D eigenvalue weighted by Crippen LogP contribution is 2.16. The summed E-state index contributed by atoms with van der Waals surface area (Å²) in [5, 5.41) is 5.48. The summed E-state index contributed by atoms with van der Waals surface area (Å²) in [5.74, 6) is 1.29. The zero-order chi connectivity index (χ0) is 21.9. The number of para-hydroxylation sites is 1. The molecule has 0 bridgehead atoms. The molecule has 0 aromatic heterocycles. The van der Waals surface area contributed by atoms with Crippen LogP contribution in [0.4, 0.5) is 5.69 Å². The van der Waals surface area contributed by atoms with E-state index in [-0.39, 0.29) is 11.8 Å². The molecular weight excluding hydrogens is 392 g/mol. The third-order valence-electron chi connectivity index (χ3n) is 4.61. The molecule has 2 N–H and O–H groups in total. The van der Waals surface area contributed by atoms with Gasteiger partial charge in [-0.3, -0.25) is 9.59 Å². The van der Waals surface area contributed by atoms with Crippen LogP contribution in [-0.2, 0) is 11.2 Å². The highest BCUT2D eigenvalue weighted by molar-refractivity contribution is 6.04. The number of benzene rings is 3. The van der Waals surface area contributed by atoms with Crippen LogP contribution in [0, 0.1) is 0 Å². The van der Waals surface area contributed by atoms with Crippen LogP contribution >= 0.6 is 0 Å². The number of anilines is 1. The van der Waals surface area contributed by atoms with Gasteiger partial charge in [-0.1, -0.05) is 30.3 Å². The molecule has 0 spiro atoms. The van der Waals surface area contributed by atoms with E-state index in [2.05, 4.69) is 10.6 Å². The summed E-state index contributed by atoms with van der Waals surface area (Å²) >= 11 is 0. The molecule has 160 valence electrons. The maximum atomic E-state index is 12.5. The molecule has 3 aromatic carbocycles. The third-order valence-corrected chi connectivity index (χ3v) is 4.61. The van der Waals surface area contributed by atoms with Gasteiger partial charge >= 0.3 is 0 Å². The van der Waals surface area contributed by atoms with E-state index in [1.54, 1.807) is 31.3 Å². The van der Waals surface area contributed by atoms with Gasteiger partial charge in [-0.05, 0) is 60.5 Å². The average molecular weight is 418 g/mol. The number of ether oxygens (including phenoxy) is 2. The molecule has 0 heterocycles. The summed E-state index contributed by atoms with van der Waals surface area (Å²) < 4.78 is 11.2. The Bertz CT molecular complexity index is 971. The molecule has 0 radical (unpaired) electrons. The lowest BCUT2D eigenvalue weighted by atomic mass is 10.1. The molecular formula is C25H26N2O4. The van der Waals surface area contributed by atoms with Gasteiger partial charge in [0.2, 0.25) is 5.91 Å². The van der Waals surface area contributed by atoms with Crippen molar-refractivity contribution < 1.29 is 19.1 Å². The van der Waals surface area contributed by atoms with Crippen molar-refractivity contribution in [2.75, 3.05) is 25.6 Å². The van der Waals surface area contributed by atoms with Crippen LogP contribution in [0.25, 0.3) is 0 Å². The fourth-order valence-corrected chi connectivity index (χ4v) is 2.88. The normalized spacial score (nSPS) is 10.2. The predicted molar refractivity (Wildman–Crippen MR) is 121 cm³/mol. The maximum absolute atomic E-state index is 12.5. The van der Waals surface area contributed by atoms with Gasteiger partial charge in [0.1, 0.15) is 24.7 Å². The van der Waals surface area contributed by atoms with Crippen molar-refractivity contribution in [3.05, 3.63) is 90.0 Å². The van der Waals surface area contributed by atoms with Gasteiger partial charge in [-0.25, -0.2) is 0 Å². The van der Waals surface area contributed by atoms with Crippen LogP contribution in [-0.4, -0.2) is 32.1 Å². The van der Waals surface area contributed by atoms with E-state index in [0.29, 0.717) is 43.1 Å². The Hall–Kier alpha value is -3.80. The molecule has 0 fully saturated rings. The fraction of sp³-hybridized carbons (Fsp3) is 0.200. The molecule has 3 aromatic rings. The monoisotopic (exact) mass is 418 g/mol. The second-order valence-corrected chi connectivity index (χ2v) is 6.86. The van der Waals surface area contributed by atoms with E-state index >= 15 is 0 Å². The zero-order valence-corrected chi connectivity index (χ0v) is 17.5. The van der Waals surface area contributed by atoms with Gasteiger partial charge in [-0.15, -0.1) is 0 Å². The number of hydrogen-bond donors (Lipinski definition) is 2. The van der Waals surface area contributed by atoms with Gasteiger partial charge in [-0.2, -0.15) is 0 Å². The lowest BCUT2D eigenvalue weighted by Crippen LogP contribution is -2.17. The predicted octanol–water partition coefficient (Wildman–Crippen LogP) is 4.08. The number of hydrogen-bond acceptors (Lipinski definition) is 4. The molecule has 0 aliphatic heterocycles. The van der Waals surface area contributed by atoms with Crippen molar-refractivity contribution in [2.45, 2.75) is 12.8 Å².